The van der Waals surface area contributed by atoms with Crippen molar-refractivity contribution in [2.75, 3.05) is 13.1 Å². The Bertz CT molecular complexity index is 208. The van der Waals surface area contributed by atoms with Crippen molar-refractivity contribution in [3.63, 3.8) is 0 Å². The summed E-state index contributed by atoms with van der Waals surface area (Å²) < 4.78 is 23.5. The normalized spacial score (nSPS) is 21.9. The second kappa shape index (κ2) is 3.48. The molecule has 1 heterocycles. The summed E-state index contributed by atoms with van der Waals surface area (Å²) in [5.74, 6) is 4.86. The van der Waals surface area contributed by atoms with E-state index in [4.69, 9.17) is 5.84 Å². The monoisotopic (exact) mass is 179 g/mol. The molecule has 0 radical (unpaired) electrons. The number of hydrazine groups is 1. The molecule has 1 saturated heterocycles. The maximum Gasteiger partial charge on any atom is 0.292 e. The van der Waals surface area contributed by atoms with E-state index < -0.39 is 10.2 Å². The Labute approximate surface area is 66.7 Å². The molecular formula is C5H13N3O2S. The van der Waals surface area contributed by atoms with Crippen molar-refractivity contribution in [1.29, 1.82) is 0 Å². The molecule has 0 aliphatic carbocycles. The summed E-state index contributed by atoms with van der Waals surface area (Å²) in [5, 5.41) is 0. The van der Waals surface area contributed by atoms with Crippen LogP contribution in [0.5, 0.6) is 0 Å². The van der Waals surface area contributed by atoms with E-state index in [1.807, 2.05) is 4.83 Å². The second-order valence-electron chi connectivity index (χ2n) is 2.58. The fraction of sp³-hybridized carbons (Fsp3) is 1.00. The highest BCUT2D eigenvalue weighted by Gasteiger charge is 2.21. The van der Waals surface area contributed by atoms with Crippen LogP contribution in [0.25, 0.3) is 0 Å². The Kier molecular flexibility index (Phi) is 2.83. The smallest absolute Gasteiger partial charge is 0.257 e. The predicted octanol–water partition coefficient (Wildman–Crippen LogP) is -0.820. The van der Waals surface area contributed by atoms with Crippen molar-refractivity contribution in [3.05, 3.63) is 0 Å². The van der Waals surface area contributed by atoms with Gasteiger partial charge >= 0.3 is 0 Å². The lowest BCUT2D eigenvalue weighted by Crippen LogP contribution is -2.46. The molecule has 5 nitrogen and oxygen atoms in total. The highest BCUT2D eigenvalue weighted by molar-refractivity contribution is 7.87. The van der Waals surface area contributed by atoms with Gasteiger partial charge in [-0.25, -0.2) is 0 Å². The molecule has 0 aromatic rings. The molecule has 1 aliphatic heterocycles. The van der Waals surface area contributed by atoms with Crippen LogP contribution < -0.4 is 10.7 Å². The molecule has 11 heavy (non-hydrogen) atoms. The number of hydrogen-bond acceptors (Lipinski definition) is 3. The van der Waals surface area contributed by atoms with Crippen molar-refractivity contribution >= 4 is 10.2 Å². The standard InChI is InChI=1S/C5H13N3O2S/c6-7-11(9,10)8-4-2-1-3-5-8/h7H,1-6H2. The van der Waals surface area contributed by atoms with Crippen LogP contribution >= 0.6 is 0 Å². The van der Waals surface area contributed by atoms with E-state index in [1.54, 1.807) is 0 Å². The minimum Gasteiger partial charge on any atom is -0.257 e. The number of nitrogens with two attached hydrogens (primary N) is 1. The SMILES string of the molecule is NNS(=O)(=O)N1CCCCC1. The Balaban J connectivity index is 2.58. The van der Waals surface area contributed by atoms with Gasteiger partial charge in [0, 0.05) is 13.1 Å². The fourth-order valence-electron chi connectivity index (χ4n) is 1.18. The topological polar surface area (TPSA) is 75.4 Å². The van der Waals surface area contributed by atoms with Crippen LogP contribution in [0.1, 0.15) is 19.3 Å². The fourth-order valence-corrected chi connectivity index (χ4v) is 2.07. The summed E-state index contributed by atoms with van der Waals surface area (Å²) in [6.45, 7) is 1.18. The number of piperidine rings is 1. The summed E-state index contributed by atoms with van der Waals surface area (Å²) in [6, 6.07) is 0. The lowest BCUT2D eigenvalue weighted by molar-refractivity contribution is 0.342. The minimum atomic E-state index is -3.36. The summed E-state index contributed by atoms with van der Waals surface area (Å²) in [5.41, 5.74) is 0. The molecular weight excluding hydrogens is 166 g/mol. The van der Waals surface area contributed by atoms with Gasteiger partial charge in [0.05, 0.1) is 0 Å². The first kappa shape index (κ1) is 8.92. The van der Waals surface area contributed by atoms with Crippen LogP contribution in [0.2, 0.25) is 0 Å². The molecule has 0 aromatic heterocycles. The Morgan fingerprint density at radius 3 is 2.18 bits per heavy atom. The van der Waals surface area contributed by atoms with E-state index in [1.165, 1.54) is 4.31 Å². The van der Waals surface area contributed by atoms with Gasteiger partial charge in [0.2, 0.25) is 0 Å². The van der Waals surface area contributed by atoms with Crippen molar-refractivity contribution in [2.45, 2.75) is 19.3 Å². The molecule has 0 aromatic carbocycles. The molecule has 1 rings (SSSR count). The van der Waals surface area contributed by atoms with Crippen LogP contribution in [-0.2, 0) is 10.2 Å². The van der Waals surface area contributed by atoms with Gasteiger partial charge in [0.1, 0.15) is 0 Å². The van der Waals surface area contributed by atoms with E-state index in [9.17, 15) is 8.42 Å². The van der Waals surface area contributed by atoms with Crippen molar-refractivity contribution < 1.29 is 8.42 Å². The van der Waals surface area contributed by atoms with Gasteiger partial charge in [-0.1, -0.05) is 6.42 Å². The van der Waals surface area contributed by atoms with E-state index in [-0.39, 0.29) is 0 Å². The Morgan fingerprint density at radius 2 is 1.73 bits per heavy atom. The third kappa shape index (κ3) is 2.13. The van der Waals surface area contributed by atoms with Crippen LogP contribution in [0.3, 0.4) is 0 Å². The third-order valence-electron chi connectivity index (χ3n) is 1.80. The summed E-state index contributed by atoms with van der Waals surface area (Å²) in [7, 11) is -3.36. The quantitative estimate of drug-likeness (QED) is 0.429. The van der Waals surface area contributed by atoms with Gasteiger partial charge in [-0.3, -0.25) is 5.84 Å². The van der Waals surface area contributed by atoms with Gasteiger partial charge in [-0.05, 0) is 12.8 Å². The zero-order valence-corrected chi connectivity index (χ0v) is 7.10. The van der Waals surface area contributed by atoms with Crippen LogP contribution in [0, 0.1) is 0 Å². The van der Waals surface area contributed by atoms with Gasteiger partial charge in [0.25, 0.3) is 10.2 Å². The predicted molar refractivity (Wildman–Crippen MR) is 41.7 cm³/mol. The van der Waals surface area contributed by atoms with Crippen LogP contribution in [0.15, 0.2) is 0 Å². The molecule has 1 fully saturated rings. The second-order valence-corrected chi connectivity index (χ2v) is 4.28. The summed E-state index contributed by atoms with van der Waals surface area (Å²) >= 11 is 0. The number of nitrogens with zero attached hydrogens (tertiary/aromatic N) is 1. The molecule has 0 saturated carbocycles. The maximum atomic E-state index is 11.0. The molecule has 66 valence electrons. The summed E-state index contributed by atoms with van der Waals surface area (Å²) in [6.07, 6.45) is 2.97. The Morgan fingerprint density at radius 1 is 1.18 bits per heavy atom. The van der Waals surface area contributed by atoms with E-state index in [2.05, 4.69) is 0 Å². The first-order valence-electron chi connectivity index (χ1n) is 3.64. The lowest BCUT2D eigenvalue weighted by atomic mass is 10.2. The van der Waals surface area contributed by atoms with E-state index in [0.29, 0.717) is 13.1 Å². The zero-order chi connectivity index (χ0) is 8.32. The average molecular weight is 179 g/mol. The van der Waals surface area contributed by atoms with Crippen molar-refractivity contribution in [3.8, 4) is 0 Å². The third-order valence-corrected chi connectivity index (χ3v) is 3.15. The molecule has 0 unspecified atom stereocenters. The number of nitrogens with one attached hydrogen (secondary N) is 1. The lowest BCUT2D eigenvalue weighted by Gasteiger charge is -2.24. The number of hydrogen-bond donors (Lipinski definition) is 2. The highest BCUT2D eigenvalue weighted by Crippen LogP contribution is 2.10. The van der Waals surface area contributed by atoms with Crippen LogP contribution in [0.4, 0.5) is 0 Å². The zero-order valence-electron chi connectivity index (χ0n) is 6.28. The van der Waals surface area contributed by atoms with E-state index in [0.717, 1.165) is 19.3 Å². The largest absolute Gasteiger partial charge is 0.292 e. The van der Waals surface area contributed by atoms with Crippen molar-refractivity contribution in [2.24, 2.45) is 5.84 Å². The minimum absolute atomic E-state index is 0.590. The first-order valence-corrected chi connectivity index (χ1v) is 5.08. The Hall–Kier alpha value is -0.170. The van der Waals surface area contributed by atoms with Gasteiger partial charge in [-0.2, -0.15) is 12.7 Å². The molecule has 0 bridgehead atoms. The van der Waals surface area contributed by atoms with Crippen molar-refractivity contribution in [1.82, 2.24) is 9.14 Å². The van der Waals surface area contributed by atoms with Gasteiger partial charge < -0.3 is 0 Å². The average Bonchev–Trinajstić information content (AvgIpc) is 2.06. The molecule has 1 aliphatic rings. The molecule has 0 spiro atoms. The summed E-state index contributed by atoms with van der Waals surface area (Å²) in [4.78, 5) is 1.81. The molecule has 3 N–H and O–H groups in total. The molecule has 0 atom stereocenters. The highest BCUT2D eigenvalue weighted by atomic mass is 32.2. The maximum absolute atomic E-state index is 11.0. The first-order chi connectivity index (χ1) is 5.17. The molecule has 6 heteroatoms. The number of rotatable bonds is 2. The van der Waals surface area contributed by atoms with E-state index >= 15 is 0 Å². The van der Waals surface area contributed by atoms with Crippen LogP contribution in [-0.4, -0.2) is 25.8 Å². The van der Waals surface area contributed by atoms with Gasteiger partial charge in [-0.15, -0.1) is 4.83 Å². The van der Waals surface area contributed by atoms with Gasteiger partial charge in [0.15, 0.2) is 0 Å². The molecule has 0 amide bonds.